The van der Waals surface area contributed by atoms with Gasteiger partial charge < -0.3 is 20.3 Å². The molecule has 10 heteroatoms. The third-order valence-corrected chi connectivity index (χ3v) is 5.83. The van der Waals surface area contributed by atoms with Gasteiger partial charge in [0.25, 0.3) is 11.8 Å². The molecule has 1 unspecified atom stereocenters. The van der Waals surface area contributed by atoms with E-state index in [-0.39, 0.29) is 31.2 Å². The van der Waals surface area contributed by atoms with Crippen molar-refractivity contribution in [2.45, 2.75) is 57.8 Å². The number of imide groups is 1. The lowest BCUT2D eigenvalue weighted by molar-refractivity contribution is -0.137. The van der Waals surface area contributed by atoms with Crippen molar-refractivity contribution >= 4 is 35.4 Å². The zero-order chi connectivity index (χ0) is 26.0. The summed E-state index contributed by atoms with van der Waals surface area (Å²) in [6.45, 7) is 5.58. The minimum Gasteiger partial charge on any atom is -0.431 e. The molecule has 0 spiro atoms. The normalized spacial score (nSPS) is 18.2. The molecule has 0 aliphatic carbocycles. The summed E-state index contributed by atoms with van der Waals surface area (Å²) < 4.78 is 5.48. The molecule has 2 aliphatic rings. The van der Waals surface area contributed by atoms with Crippen LogP contribution in [0.25, 0.3) is 0 Å². The van der Waals surface area contributed by atoms with Crippen molar-refractivity contribution < 1.29 is 28.7 Å². The fourth-order valence-corrected chi connectivity index (χ4v) is 4.20. The summed E-state index contributed by atoms with van der Waals surface area (Å²) in [6.07, 6.45) is -1.50. The second-order valence-electron chi connectivity index (χ2n) is 9.83. The second-order valence-corrected chi connectivity index (χ2v) is 9.83. The van der Waals surface area contributed by atoms with Crippen LogP contribution in [0.3, 0.4) is 0 Å². The highest BCUT2D eigenvalue weighted by atomic mass is 16.6. The number of anilines is 1. The highest BCUT2D eigenvalue weighted by Gasteiger charge is 2.39. The first-order chi connectivity index (χ1) is 17.0. The first-order valence-corrected chi connectivity index (χ1v) is 11.6. The van der Waals surface area contributed by atoms with Crippen LogP contribution in [-0.4, -0.2) is 46.2 Å². The molecule has 2 aliphatic heterocycles. The Morgan fingerprint density at radius 1 is 1.08 bits per heavy atom. The Hall–Kier alpha value is -4.21. The van der Waals surface area contributed by atoms with E-state index in [2.05, 4.69) is 16.0 Å². The summed E-state index contributed by atoms with van der Waals surface area (Å²) in [5, 5.41) is 7.72. The molecular weight excluding hydrogens is 464 g/mol. The van der Waals surface area contributed by atoms with Crippen LogP contribution in [0.1, 0.15) is 61.2 Å². The van der Waals surface area contributed by atoms with Crippen LogP contribution >= 0.6 is 0 Å². The number of rotatable bonds is 5. The number of carbonyl (C=O) groups is 5. The molecule has 2 aromatic rings. The predicted octanol–water partition coefficient (Wildman–Crippen LogP) is 2.65. The molecule has 10 nitrogen and oxygen atoms in total. The first-order valence-electron chi connectivity index (χ1n) is 11.6. The van der Waals surface area contributed by atoms with Gasteiger partial charge in [-0.15, -0.1) is 0 Å². The predicted molar refractivity (Wildman–Crippen MR) is 130 cm³/mol. The summed E-state index contributed by atoms with van der Waals surface area (Å²) in [4.78, 5) is 63.6. The molecule has 5 amide bonds. The molecule has 188 valence electrons. The van der Waals surface area contributed by atoms with Gasteiger partial charge in [-0.05, 0) is 51.0 Å². The fraction of sp³-hybridized carbons (Fsp3) is 0.346. The summed E-state index contributed by atoms with van der Waals surface area (Å²) in [5.41, 5.74) is 1.44. The van der Waals surface area contributed by atoms with Crippen LogP contribution in [0, 0.1) is 0 Å². The van der Waals surface area contributed by atoms with Crippen molar-refractivity contribution in [2.24, 2.45) is 0 Å². The molecule has 3 N–H and O–H groups in total. The van der Waals surface area contributed by atoms with Crippen LogP contribution in [0.5, 0.6) is 0 Å². The molecule has 2 heterocycles. The topological polar surface area (TPSA) is 134 Å². The van der Waals surface area contributed by atoms with Crippen molar-refractivity contribution in [1.29, 1.82) is 0 Å². The molecule has 0 saturated carbocycles. The third-order valence-electron chi connectivity index (χ3n) is 5.83. The number of benzene rings is 2. The van der Waals surface area contributed by atoms with Crippen LogP contribution in [-0.2, 0) is 25.7 Å². The lowest BCUT2D eigenvalue weighted by Gasteiger charge is -2.29. The zero-order valence-electron chi connectivity index (χ0n) is 20.3. The van der Waals surface area contributed by atoms with Gasteiger partial charge in [-0.1, -0.05) is 30.3 Å². The molecule has 0 aromatic heterocycles. The quantitative estimate of drug-likeness (QED) is 0.550. The van der Waals surface area contributed by atoms with E-state index in [4.69, 9.17) is 4.74 Å². The first kappa shape index (κ1) is 24.9. The van der Waals surface area contributed by atoms with Crippen molar-refractivity contribution in [2.75, 3.05) is 5.32 Å². The molecule has 0 radical (unpaired) electrons. The van der Waals surface area contributed by atoms with E-state index in [1.165, 1.54) is 4.90 Å². The Balaban J connectivity index is 1.50. The number of amides is 5. The van der Waals surface area contributed by atoms with E-state index in [0.717, 1.165) is 0 Å². The fourth-order valence-electron chi connectivity index (χ4n) is 4.20. The monoisotopic (exact) mass is 492 g/mol. The summed E-state index contributed by atoms with van der Waals surface area (Å²) in [5.74, 6) is -1.70. The molecule has 1 fully saturated rings. The standard InChI is InChI=1S/C26H28N4O6/c1-26(2,3)29-25(35)36-21(15-7-5-4-6-8-15)23(33)27-17-9-10-18-16(13-17)14-30(24(18)34)19-11-12-20(31)28-22(19)32/h4-10,13,19,21H,11-12,14H2,1-3H3,(H,27,33)(H,29,35)(H,28,31,32)/t19?,21-/m0/s1. The Kier molecular flexibility index (Phi) is 6.78. The van der Waals surface area contributed by atoms with Crippen molar-refractivity contribution in [3.05, 3.63) is 65.2 Å². The average Bonchev–Trinajstić information content (AvgIpc) is 3.12. The van der Waals surface area contributed by atoms with Gasteiger partial charge in [-0.25, -0.2) is 4.79 Å². The van der Waals surface area contributed by atoms with Gasteiger partial charge in [0, 0.05) is 35.3 Å². The molecule has 0 bridgehead atoms. The van der Waals surface area contributed by atoms with Gasteiger partial charge in [0.05, 0.1) is 0 Å². The highest BCUT2D eigenvalue weighted by molar-refractivity contribution is 6.06. The van der Waals surface area contributed by atoms with E-state index in [1.54, 1.807) is 69.3 Å². The van der Waals surface area contributed by atoms with E-state index in [9.17, 15) is 24.0 Å². The summed E-state index contributed by atoms with van der Waals surface area (Å²) >= 11 is 0. The minimum absolute atomic E-state index is 0.168. The van der Waals surface area contributed by atoms with E-state index in [0.29, 0.717) is 22.4 Å². The van der Waals surface area contributed by atoms with Crippen molar-refractivity contribution in [1.82, 2.24) is 15.5 Å². The van der Waals surface area contributed by atoms with Crippen molar-refractivity contribution in [3.63, 3.8) is 0 Å². The van der Waals surface area contributed by atoms with Gasteiger partial charge in [0.2, 0.25) is 17.9 Å². The SMILES string of the molecule is CC(C)(C)NC(=O)O[C@H](C(=O)Nc1ccc2c(c1)CN(C1CCC(=O)NC1=O)C2=O)c1ccccc1. The lowest BCUT2D eigenvalue weighted by Crippen LogP contribution is -2.52. The Morgan fingerprint density at radius 3 is 2.47 bits per heavy atom. The van der Waals surface area contributed by atoms with Gasteiger partial charge in [0.1, 0.15) is 6.04 Å². The largest absolute Gasteiger partial charge is 0.431 e. The van der Waals surface area contributed by atoms with Gasteiger partial charge >= 0.3 is 6.09 Å². The van der Waals surface area contributed by atoms with E-state index in [1.807, 2.05) is 0 Å². The van der Waals surface area contributed by atoms with Crippen LogP contribution in [0.2, 0.25) is 0 Å². The maximum atomic E-state index is 13.2. The highest BCUT2D eigenvalue weighted by Crippen LogP contribution is 2.30. The number of nitrogens with one attached hydrogen (secondary N) is 3. The minimum atomic E-state index is -1.21. The summed E-state index contributed by atoms with van der Waals surface area (Å²) in [6, 6.07) is 12.8. The van der Waals surface area contributed by atoms with Gasteiger partial charge in [0.15, 0.2) is 0 Å². The molecular formula is C26H28N4O6. The zero-order valence-corrected chi connectivity index (χ0v) is 20.3. The Morgan fingerprint density at radius 2 is 1.81 bits per heavy atom. The Labute approximate surface area is 208 Å². The van der Waals surface area contributed by atoms with Crippen LogP contribution < -0.4 is 16.0 Å². The summed E-state index contributed by atoms with van der Waals surface area (Å²) in [7, 11) is 0. The number of hydrogen-bond acceptors (Lipinski definition) is 6. The molecule has 36 heavy (non-hydrogen) atoms. The molecule has 1 saturated heterocycles. The Bertz CT molecular complexity index is 1220. The number of carbonyl (C=O) groups excluding carboxylic acids is 5. The number of ether oxygens (including phenoxy) is 1. The molecule has 2 aromatic carbocycles. The lowest BCUT2D eigenvalue weighted by atomic mass is 10.0. The van der Waals surface area contributed by atoms with E-state index >= 15 is 0 Å². The second kappa shape index (κ2) is 9.80. The van der Waals surface area contributed by atoms with Gasteiger partial charge in [-0.3, -0.25) is 24.5 Å². The molecule has 2 atom stereocenters. The number of fused-ring (bicyclic) bond motifs is 1. The van der Waals surface area contributed by atoms with Crippen molar-refractivity contribution in [3.8, 4) is 0 Å². The maximum Gasteiger partial charge on any atom is 0.408 e. The smallest absolute Gasteiger partial charge is 0.408 e. The number of nitrogens with zero attached hydrogens (tertiary/aromatic N) is 1. The number of alkyl carbamates (subject to hydrolysis) is 1. The van der Waals surface area contributed by atoms with E-state index < -0.39 is 35.6 Å². The van der Waals surface area contributed by atoms with Gasteiger partial charge in [-0.2, -0.15) is 0 Å². The third kappa shape index (κ3) is 5.54. The molecule has 4 rings (SSSR count). The van der Waals surface area contributed by atoms with Crippen LogP contribution in [0.15, 0.2) is 48.5 Å². The maximum absolute atomic E-state index is 13.2. The number of piperidine rings is 1. The average molecular weight is 493 g/mol. The van der Waals surface area contributed by atoms with Crippen LogP contribution in [0.4, 0.5) is 10.5 Å². The number of hydrogen-bond donors (Lipinski definition) is 3.